The van der Waals surface area contributed by atoms with Gasteiger partial charge in [-0.2, -0.15) is 0 Å². The van der Waals surface area contributed by atoms with Crippen LogP contribution in [-0.4, -0.2) is 18.4 Å². The molecule has 2 amide bonds. The number of carbonyl (C=O) groups excluding carboxylic acids is 2. The number of anilines is 2. The first kappa shape index (κ1) is 18.8. The molecule has 142 valence electrons. The van der Waals surface area contributed by atoms with Gasteiger partial charge < -0.3 is 10.2 Å². The van der Waals surface area contributed by atoms with Crippen LogP contribution in [0.4, 0.5) is 11.4 Å². The maximum Gasteiger partial charge on any atom is 0.258 e. The monoisotopic (exact) mass is 412 g/mol. The molecule has 0 spiro atoms. The van der Waals surface area contributed by atoms with Gasteiger partial charge in [0.05, 0.1) is 16.3 Å². The number of rotatable bonds is 5. The minimum absolute atomic E-state index is 0.00964. The molecular weight excluding hydrogens is 395 g/mol. The summed E-state index contributed by atoms with van der Waals surface area (Å²) in [6, 6.07) is 14.1. The Labute approximate surface area is 173 Å². The molecule has 28 heavy (non-hydrogen) atoms. The minimum atomic E-state index is -0.347. The van der Waals surface area contributed by atoms with Gasteiger partial charge in [0.15, 0.2) is 0 Å². The third-order valence-corrected chi connectivity index (χ3v) is 5.51. The number of nitrogens with one attached hydrogen (secondary N) is 1. The van der Waals surface area contributed by atoms with Gasteiger partial charge in [-0.05, 0) is 42.8 Å². The summed E-state index contributed by atoms with van der Waals surface area (Å²) < 4.78 is 0. The second kappa shape index (κ2) is 7.46. The Morgan fingerprint density at radius 2 is 1.93 bits per heavy atom. The summed E-state index contributed by atoms with van der Waals surface area (Å²) in [6.45, 7) is 2.78. The van der Waals surface area contributed by atoms with Crippen molar-refractivity contribution in [2.75, 3.05) is 16.8 Å². The number of nitrogens with zero attached hydrogens (tertiary/aromatic N) is 1. The van der Waals surface area contributed by atoms with Crippen LogP contribution < -0.4 is 10.2 Å². The van der Waals surface area contributed by atoms with Crippen LogP contribution in [0.25, 0.3) is 10.8 Å². The van der Waals surface area contributed by atoms with Crippen LogP contribution in [0.15, 0.2) is 48.5 Å². The van der Waals surface area contributed by atoms with Crippen LogP contribution in [0.2, 0.25) is 10.0 Å². The number of hydrogen-bond acceptors (Lipinski definition) is 2. The van der Waals surface area contributed by atoms with E-state index in [0.29, 0.717) is 33.4 Å². The third kappa shape index (κ3) is 3.13. The molecule has 3 aromatic rings. The highest BCUT2D eigenvalue weighted by atomic mass is 35.5. The van der Waals surface area contributed by atoms with E-state index in [-0.39, 0.29) is 11.8 Å². The molecule has 1 aliphatic rings. The van der Waals surface area contributed by atoms with Crippen LogP contribution in [0.3, 0.4) is 0 Å². The fraction of sp³-hybridized carbons (Fsp3) is 0.182. The standard InChI is InChI=1S/C22H18Cl2N2O2/c1-2-3-11-26-19-10-9-18(14-5-4-6-15(20(14)19)22(26)28)25-21(27)16-12-13(23)7-8-17(16)24/h4-10,12H,2-3,11H2,1H3,(H,25,27). The van der Waals surface area contributed by atoms with E-state index in [9.17, 15) is 9.59 Å². The lowest BCUT2D eigenvalue weighted by molar-refractivity contribution is 0.0991. The Balaban J connectivity index is 1.75. The van der Waals surface area contributed by atoms with E-state index in [1.165, 1.54) is 6.07 Å². The molecule has 4 nitrogen and oxygen atoms in total. The highest BCUT2D eigenvalue weighted by Crippen LogP contribution is 2.41. The predicted octanol–water partition coefficient (Wildman–Crippen LogP) is 6.16. The van der Waals surface area contributed by atoms with Gasteiger partial charge in [0.1, 0.15) is 0 Å². The Hall–Kier alpha value is -2.56. The molecule has 0 bridgehead atoms. The lowest BCUT2D eigenvalue weighted by Gasteiger charge is -2.18. The van der Waals surface area contributed by atoms with Crippen molar-refractivity contribution in [3.63, 3.8) is 0 Å². The van der Waals surface area contributed by atoms with Gasteiger partial charge in [0.2, 0.25) is 0 Å². The zero-order valence-electron chi connectivity index (χ0n) is 15.3. The number of halogens is 2. The van der Waals surface area contributed by atoms with Crippen molar-refractivity contribution in [3.8, 4) is 0 Å². The molecular formula is C22H18Cl2N2O2. The van der Waals surface area contributed by atoms with Crippen molar-refractivity contribution < 1.29 is 9.59 Å². The maximum absolute atomic E-state index is 12.8. The number of benzene rings is 3. The normalized spacial score (nSPS) is 12.7. The molecule has 1 heterocycles. The number of carbonyl (C=O) groups is 2. The fourth-order valence-corrected chi connectivity index (χ4v) is 3.93. The number of hydrogen-bond donors (Lipinski definition) is 1. The van der Waals surface area contributed by atoms with Crippen LogP contribution in [-0.2, 0) is 0 Å². The molecule has 3 aromatic carbocycles. The SMILES string of the molecule is CCCCN1C(=O)c2cccc3c(NC(=O)c4cc(Cl)ccc4Cl)ccc1c23. The van der Waals surface area contributed by atoms with Crippen molar-refractivity contribution >= 4 is 57.2 Å². The first-order valence-corrected chi connectivity index (χ1v) is 9.91. The van der Waals surface area contributed by atoms with Gasteiger partial charge in [-0.3, -0.25) is 9.59 Å². The van der Waals surface area contributed by atoms with Gasteiger partial charge in [0, 0.05) is 33.6 Å². The predicted molar refractivity (Wildman–Crippen MR) is 115 cm³/mol. The molecule has 6 heteroatoms. The van der Waals surface area contributed by atoms with Crippen LogP contribution in [0.5, 0.6) is 0 Å². The zero-order valence-corrected chi connectivity index (χ0v) is 16.8. The summed E-state index contributed by atoms with van der Waals surface area (Å²) in [6.07, 6.45) is 1.95. The van der Waals surface area contributed by atoms with Crippen molar-refractivity contribution in [3.05, 3.63) is 69.7 Å². The van der Waals surface area contributed by atoms with E-state index >= 15 is 0 Å². The first-order chi connectivity index (χ1) is 13.5. The molecule has 0 unspecified atom stereocenters. The maximum atomic E-state index is 12.8. The smallest absolute Gasteiger partial charge is 0.258 e. The largest absolute Gasteiger partial charge is 0.321 e. The second-order valence-electron chi connectivity index (χ2n) is 6.75. The lowest BCUT2D eigenvalue weighted by atomic mass is 10.0. The Morgan fingerprint density at radius 3 is 2.71 bits per heavy atom. The Morgan fingerprint density at radius 1 is 1.11 bits per heavy atom. The van der Waals surface area contributed by atoms with E-state index in [0.717, 1.165) is 29.3 Å². The zero-order chi connectivity index (χ0) is 19.8. The highest BCUT2D eigenvalue weighted by Gasteiger charge is 2.30. The van der Waals surface area contributed by atoms with Gasteiger partial charge >= 0.3 is 0 Å². The fourth-order valence-electron chi connectivity index (χ4n) is 3.55. The number of amides is 2. The molecule has 0 saturated heterocycles. The van der Waals surface area contributed by atoms with Gasteiger partial charge in [-0.15, -0.1) is 0 Å². The highest BCUT2D eigenvalue weighted by molar-refractivity contribution is 6.36. The van der Waals surface area contributed by atoms with E-state index in [1.54, 1.807) is 12.1 Å². The topological polar surface area (TPSA) is 49.4 Å². The summed E-state index contributed by atoms with van der Waals surface area (Å²) in [7, 11) is 0. The lowest BCUT2D eigenvalue weighted by Crippen LogP contribution is -2.27. The van der Waals surface area contributed by atoms with E-state index in [1.807, 2.05) is 35.2 Å². The van der Waals surface area contributed by atoms with Crippen molar-refractivity contribution in [2.45, 2.75) is 19.8 Å². The quantitative estimate of drug-likeness (QED) is 0.545. The molecule has 1 aliphatic heterocycles. The molecule has 0 aliphatic carbocycles. The van der Waals surface area contributed by atoms with Gasteiger partial charge in [-0.1, -0.05) is 48.7 Å². The molecule has 4 rings (SSSR count). The summed E-state index contributed by atoms with van der Waals surface area (Å²) >= 11 is 12.2. The van der Waals surface area contributed by atoms with Crippen molar-refractivity contribution in [2.24, 2.45) is 0 Å². The Bertz CT molecular complexity index is 1110. The van der Waals surface area contributed by atoms with E-state index in [4.69, 9.17) is 23.2 Å². The molecule has 0 aromatic heterocycles. The summed E-state index contributed by atoms with van der Waals surface area (Å²) in [4.78, 5) is 27.4. The number of unbranched alkanes of at least 4 members (excludes halogenated alkanes) is 1. The molecule has 0 atom stereocenters. The molecule has 0 fully saturated rings. The average Bonchev–Trinajstić information content (AvgIpc) is 2.97. The average molecular weight is 413 g/mol. The molecule has 1 N–H and O–H groups in total. The third-order valence-electron chi connectivity index (χ3n) is 4.94. The van der Waals surface area contributed by atoms with Gasteiger partial charge in [-0.25, -0.2) is 0 Å². The second-order valence-corrected chi connectivity index (χ2v) is 7.59. The Kier molecular flexibility index (Phi) is 5.00. The van der Waals surface area contributed by atoms with Crippen molar-refractivity contribution in [1.82, 2.24) is 0 Å². The van der Waals surface area contributed by atoms with Crippen LogP contribution in [0, 0.1) is 0 Å². The minimum Gasteiger partial charge on any atom is -0.321 e. The van der Waals surface area contributed by atoms with Gasteiger partial charge in [0.25, 0.3) is 11.8 Å². The first-order valence-electron chi connectivity index (χ1n) is 9.15. The van der Waals surface area contributed by atoms with Crippen molar-refractivity contribution in [1.29, 1.82) is 0 Å². The molecule has 0 radical (unpaired) electrons. The van der Waals surface area contributed by atoms with E-state index < -0.39 is 0 Å². The van der Waals surface area contributed by atoms with Crippen LogP contribution in [0.1, 0.15) is 40.5 Å². The molecule has 0 saturated carbocycles. The van der Waals surface area contributed by atoms with E-state index in [2.05, 4.69) is 12.2 Å². The summed E-state index contributed by atoms with van der Waals surface area (Å²) in [5.74, 6) is -0.337. The van der Waals surface area contributed by atoms with Crippen LogP contribution >= 0.6 is 23.2 Å². The summed E-state index contributed by atoms with van der Waals surface area (Å²) in [5, 5.41) is 5.38. The summed E-state index contributed by atoms with van der Waals surface area (Å²) in [5.41, 5.74) is 2.49.